The first-order chi connectivity index (χ1) is 10.5. The molecule has 2 amide bonds. The van der Waals surface area contributed by atoms with Gasteiger partial charge in [0.05, 0.1) is 29.6 Å². The van der Waals surface area contributed by atoms with E-state index < -0.39 is 11.8 Å². The minimum absolute atomic E-state index is 0.0677. The van der Waals surface area contributed by atoms with E-state index >= 15 is 0 Å². The molecule has 0 spiro atoms. The van der Waals surface area contributed by atoms with E-state index in [-0.39, 0.29) is 12.2 Å². The highest BCUT2D eigenvalue weighted by Gasteiger charge is 2.29. The van der Waals surface area contributed by atoms with Gasteiger partial charge in [-0.05, 0) is 32.0 Å². The first kappa shape index (κ1) is 14.5. The van der Waals surface area contributed by atoms with Crippen molar-refractivity contribution >= 4 is 28.5 Å². The van der Waals surface area contributed by atoms with Crippen LogP contribution < -0.4 is 5.32 Å². The fraction of sp³-hybridized carbons (Fsp3) is 0.400. The number of ether oxygens (including phenoxy) is 1. The van der Waals surface area contributed by atoms with Crippen LogP contribution in [0.1, 0.15) is 13.8 Å². The minimum Gasteiger partial charge on any atom is -0.372 e. The zero-order chi connectivity index (χ0) is 15.7. The molecule has 1 saturated heterocycles. The van der Waals surface area contributed by atoms with Gasteiger partial charge in [-0.3, -0.25) is 9.59 Å². The van der Waals surface area contributed by atoms with Crippen molar-refractivity contribution in [3.8, 4) is 0 Å². The number of hydrogen-bond acceptors (Lipinski definition) is 4. The van der Waals surface area contributed by atoms with Gasteiger partial charge in [0.25, 0.3) is 0 Å². The number of aromatic nitrogens is 2. The maximum Gasteiger partial charge on any atom is 0.313 e. The summed E-state index contributed by atoms with van der Waals surface area (Å²) in [6.07, 6.45) is 1.45. The van der Waals surface area contributed by atoms with Crippen molar-refractivity contribution in [3.05, 3.63) is 24.5 Å². The Morgan fingerprint density at radius 1 is 1.32 bits per heavy atom. The zero-order valence-corrected chi connectivity index (χ0v) is 12.5. The third-order valence-electron chi connectivity index (χ3n) is 3.58. The molecule has 7 nitrogen and oxygen atoms in total. The Labute approximate surface area is 127 Å². The molecule has 1 aromatic carbocycles. The number of anilines is 1. The maximum atomic E-state index is 12.2. The zero-order valence-electron chi connectivity index (χ0n) is 12.5. The van der Waals surface area contributed by atoms with Gasteiger partial charge in [-0.15, -0.1) is 0 Å². The second kappa shape index (κ2) is 5.76. The average molecular weight is 302 g/mol. The molecule has 1 aliphatic rings. The number of carbonyl (C=O) groups excluding carboxylic acids is 2. The van der Waals surface area contributed by atoms with E-state index in [2.05, 4.69) is 15.3 Å². The van der Waals surface area contributed by atoms with Crippen molar-refractivity contribution in [2.45, 2.75) is 26.1 Å². The Balaban J connectivity index is 1.69. The van der Waals surface area contributed by atoms with Gasteiger partial charge in [-0.2, -0.15) is 0 Å². The van der Waals surface area contributed by atoms with Crippen LogP contribution in [-0.2, 0) is 14.3 Å². The molecule has 3 rings (SSSR count). The molecule has 116 valence electrons. The van der Waals surface area contributed by atoms with Crippen molar-refractivity contribution in [2.24, 2.45) is 0 Å². The molecule has 0 aliphatic carbocycles. The van der Waals surface area contributed by atoms with Crippen LogP contribution in [0.15, 0.2) is 24.5 Å². The van der Waals surface area contributed by atoms with Gasteiger partial charge in [-0.25, -0.2) is 4.98 Å². The SMILES string of the molecule is CC1CN(C(=O)C(=O)Nc2ccc3nc[nH]c3c2)CC(C)O1. The monoisotopic (exact) mass is 302 g/mol. The maximum absolute atomic E-state index is 12.2. The van der Waals surface area contributed by atoms with E-state index in [1.807, 2.05) is 13.8 Å². The summed E-state index contributed by atoms with van der Waals surface area (Å²) in [6.45, 7) is 4.63. The lowest BCUT2D eigenvalue weighted by atomic mass is 10.2. The summed E-state index contributed by atoms with van der Waals surface area (Å²) in [4.78, 5) is 33.0. The van der Waals surface area contributed by atoms with Crippen LogP contribution in [-0.4, -0.2) is 52.0 Å². The summed E-state index contributed by atoms with van der Waals surface area (Å²) in [5.41, 5.74) is 2.17. The number of benzene rings is 1. The van der Waals surface area contributed by atoms with Crippen LogP contribution in [0.4, 0.5) is 5.69 Å². The fourth-order valence-electron chi connectivity index (χ4n) is 2.69. The number of amides is 2. The predicted molar refractivity (Wildman–Crippen MR) is 81.3 cm³/mol. The Morgan fingerprint density at radius 3 is 2.77 bits per heavy atom. The third kappa shape index (κ3) is 2.94. The highest BCUT2D eigenvalue weighted by Crippen LogP contribution is 2.16. The summed E-state index contributed by atoms with van der Waals surface area (Å²) in [6, 6.07) is 5.25. The van der Waals surface area contributed by atoms with E-state index in [1.165, 1.54) is 4.90 Å². The second-order valence-corrected chi connectivity index (χ2v) is 5.56. The number of morpholine rings is 1. The number of fused-ring (bicyclic) bond motifs is 1. The molecule has 0 bridgehead atoms. The number of H-pyrrole nitrogens is 1. The number of nitrogens with zero attached hydrogens (tertiary/aromatic N) is 2. The lowest BCUT2D eigenvalue weighted by Gasteiger charge is -2.34. The summed E-state index contributed by atoms with van der Waals surface area (Å²) in [7, 11) is 0. The van der Waals surface area contributed by atoms with Crippen LogP contribution in [0.25, 0.3) is 11.0 Å². The number of imidazole rings is 1. The predicted octanol–water partition coefficient (Wildman–Crippen LogP) is 1.14. The molecule has 22 heavy (non-hydrogen) atoms. The van der Waals surface area contributed by atoms with Gasteiger partial charge >= 0.3 is 11.8 Å². The van der Waals surface area contributed by atoms with Gasteiger partial charge in [0.1, 0.15) is 0 Å². The number of hydrogen-bond donors (Lipinski definition) is 2. The van der Waals surface area contributed by atoms with E-state index in [0.29, 0.717) is 18.8 Å². The van der Waals surface area contributed by atoms with Crippen molar-refractivity contribution in [2.75, 3.05) is 18.4 Å². The Kier molecular flexibility index (Phi) is 3.81. The van der Waals surface area contributed by atoms with Crippen molar-refractivity contribution in [3.63, 3.8) is 0 Å². The molecule has 2 unspecified atom stereocenters. The smallest absolute Gasteiger partial charge is 0.313 e. The lowest BCUT2D eigenvalue weighted by molar-refractivity contribution is -0.151. The molecule has 1 aliphatic heterocycles. The van der Waals surface area contributed by atoms with Gasteiger partial charge in [0.2, 0.25) is 0 Å². The van der Waals surface area contributed by atoms with Gasteiger partial charge < -0.3 is 19.9 Å². The van der Waals surface area contributed by atoms with E-state index in [0.717, 1.165) is 11.0 Å². The lowest BCUT2D eigenvalue weighted by Crippen LogP contribution is -2.51. The van der Waals surface area contributed by atoms with Gasteiger partial charge in [0.15, 0.2) is 0 Å². The van der Waals surface area contributed by atoms with Crippen molar-refractivity contribution in [1.29, 1.82) is 0 Å². The largest absolute Gasteiger partial charge is 0.372 e. The van der Waals surface area contributed by atoms with Crippen molar-refractivity contribution < 1.29 is 14.3 Å². The Bertz CT molecular complexity index is 702. The van der Waals surface area contributed by atoms with Crippen LogP contribution >= 0.6 is 0 Å². The molecule has 2 atom stereocenters. The number of aromatic amines is 1. The van der Waals surface area contributed by atoms with E-state index in [1.54, 1.807) is 24.5 Å². The molecule has 2 N–H and O–H groups in total. The van der Waals surface area contributed by atoms with Crippen molar-refractivity contribution in [1.82, 2.24) is 14.9 Å². The van der Waals surface area contributed by atoms with Crippen LogP contribution in [0.2, 0.25) is 0 Å². The molecule has 0 saturated carbocycles. The molecule has 2 heterocycles. The molecule has 1 fully saturated rings. The molecule has 2 aromatic rings. The summed E-state index contributed by atoms with van der Waals surface area (Å²) in [5, 5.41) is 2.63. The Hall–Kier alpha value is -2.41. The molecule has 1 aromatic heterocycles. The van der Waals surface area contributed by atoms with Crippen LogP contribution in [0, 0.1) is 0 Å². The Morgan fingerprint density at radius 2 is 2.05 bits per heavy atom. The highest BCUT2D eigenvalue weighted by molar-refractivity contribution is 6.39. The van der Waals surface area contributed by atoms with Gasteiger partial charge in [0, 0.05) is 18.8 Å². The second-order valence-electron chi connectivity index (χ2n) is 5.56. The summed E-state index contributed by atoms with van der Waals surface area (Å²) >= 11 is 0. The van der Waals surface area contributed by atoms with E-state index in [4.69, 9.17) is 4.74 Å². The quantitative estimate of drug-likeness (QED) is 0.773. The fourth-order valence-corrected chi connectivity index (χ4v) is 2.69. The number of nitrogens with one attached hydrogen (secondary N) is 2. The molecule has 7 heteroatoms. The van der Waals surface area contributed by atoms with Crippen LogP contribution in [0.3, 0.4) is 0 Å². The standard InChI is InChI=1S/C15H18N4O3/c1-9-6-19(7-10(2)22-9)15(21)14(20)18-11-3-4-12-13(5-11)17-8-16-12/h3-5,8-10H,6-7H2,1-2H3,(H,16,17)(H,18,20). The molecular weight excluding hydrogens is 284 g/mol. The topological polar surface area (TPSA) is 87.3 Å². The normalized spacial score (nSPS) is 21.8. The summed E-state index contributed by atoms with van der Waals surface area (Å²) < 4.78 is 5.57. The number of rotatable bonds is 1. The summed E-state index contributed by atoms with van der Waals surface area (Å²) in [5.74, 6) is -1.17. The third-order valence-corrected chi connectivity index (χ3v) is 3.58. The minimum atomic E-state index is -0.639. The highest BCUT2D eigenvalue weighted by atomic mass is 16.5. The first-order valence-corrected chi connectivity index (χ1v) is 7.22. The number of carbonyl (C=O) groups is 2. The van der Waals surface area contributed by atoms with Crippen LogP contribution in [0.5, 0.6) is 0 Å². The average Bonchev–Trinajstić information content (AvgIpc) is 2.93. The van der Waals surface area contributed by atoms with Gasteiger partial charge in [-0.1, -0.05) is 0 Å². The molecule has 0 radical (unpaired) electrons. The molecular formula is C15H18N4O3. The van der Waals surface area contributed by atoms with E-state index in [9.17, 15) is 9.59 Å². The first-order valence-electron chi connectivity index (χ1n) is 7.22.